The van der Waals surface area contributed by atoms with E-state index in [0.29, 0.717) is 6.54 Å². The number of nitro benzene ring substituents is 1. The number of hydrogen-bond acceptors (Lipinski definition) is 7. The summed E-state index contributed by atoms with van der Waals surface area (Å²) in [5.74, 6) is -1.70. The van der Waals surface area contributed by atoms with Crippen LogP contribution in [-0.4, -0.2) is 61.3 Å². The molecule has 0 bridgehead atoms. The standard InChI is InChI=1S/C20H21N3O6S/c1-21(2)11-12-22-17(14-7-6-8-15(13-14)23(26)27)19(18(24)20(22)25)30(28,29)16-9-4-3-5-10-16/h3-10,13,17,24H,11-12H2,1-2H3. The number of nitro groups is 1. The Labute approximate surface area is 173 Å². The summed E-state index contributed by atoms with van der Waals surface area (Å²) in [5, 5.41) is 21.8. The molecule has 10 heteroatoms. The highest BCUT2D eigenvalue weighted by molar-refractivity contribution is 7.95. The fraction of sp³-hybridized carbons (Fsp3) is 0.250. The van der Waals surface area contributed by atoms with Gasteiger partial charge in [0.2, 0.25) is 9.84 Å². The minimum absolute atomic E-state index is 0.0794. The van der Waals surface area contributed by atoms with Crippen LogP contribution in [0.3, 0.4) is 0 Å². The van der Waals surface area contributed by atoms with E-state index in [1.807, 2.05) is 0 Å². The van der Waals surface area contributed by atoms with Gasteiger partial charge in [-0.1, -0.05) is 30.3 Å². The number of rotatable bonds is 7. The first-order chi connectivity index (χ1) is 14.1. The van der Waals surface area contributed by atoms with E-state index in [9.17, 15) is 28.4 Å². The highest BCUT2D eigenvalue weighted by Crippen LogP contribution is 2.42. The van der Waals surface area contributed by atoms with E-state index in [2.05, 4.69) is 0 Å². The van der Waals surface area contributed by atoms with Gasteiger partial charge in [-0.2, -0.15) is 0 Å². The van der Waals surface area contributed by atoms with Crippen LogP contribution in [0.1, 0.15) is 11.6 Å². The SMILES string of the molecule is CN(C)CCN1C(=O)C(O)=C(S(=O)(=O)c2ccccc2)C1c1cccc([N+](=O)[O-])c1. The molecule has 1 N–H and O–H groups in total. The average Bonchev–Trinajstić information content (AvgIpc) is 2.98. The van der Waals surface area contributed by atoms with E-state index in [0.717, 1.165) is 0 Å². The Morgan fingerprint density at radius 2 is 1.80 bits per heavy atom. The number of aliphatic hydroxyl groups is 1. The van der Waals surface area contributed by atoms with Gasteiger partial charge in [0.1, 0.15) is 4.91 Å². The first kappa shape index (κ1) is 21.5. The van der Waals surface area contributed by atoms with Crippen molar-refractivity contribution in [2.75, 3.05) is 27.2 Å². The second-order valence-electron chi connectivity index (χ2n) is 7.09. The van der Waals surface area contributed by atoms with Crippen LogP contribution in [0.15, 0.2) is 70.2 Å². The van der Waals surface area contributed by atoms with E-state index >= 15 is 0 Å². The molecule has 1 heterocycles. The minimum Gasteiger partial charge on any atom is -0.502 e. The smallest absolute Gasteiger partial charge is 0.290 e. The Bertz CT molecular complexity index is 1110. The predicted molar refractivity (Wildman–Crippen MR) is 109 cm³/mol. The molecule has 1 unspecified atom stereocenters. The van der Waals surface area contributed by atoms with Crippen LogP contribution in [0.2, 0.25) is 0 Å². The molecule has 3 rings (SSSR count). The summed E-state index contributed by atoms with van der Waals surface area (Å²) in [6.07, 6.45) is 0. The van der Waals surface area contributed by atoms with Crippen molar-refractivity contribution in [3.63, 3.8) is 0 Å². The number of aliphatic hydroxyl groups excluding tert-OH is 1. The fourth-order valence-corrected chi connectivity index (χ4v) is 4.98. The lowest BCUT2D eigenvalue weighted by atomic mass is 10.1. The molecule has 2 aromatic rings. The Hall–Kier alpha value is -3.24. The molecule has 0 saturated carbocycles. The van der Waals surface area contributed by atoms with Crippen molar-refractivity contribution in [2.45, 2.75) is 10.9 Å². The zero-order valence-corrected chi connectivity index (χ0v) is 17.2. The molecule has 0 fully saturated rings. The van der Waals surface area contributed by atoms with Gasteiger partial charge in [0, 0.05) is 25.2 Å². The van der Waals surface area contributed by atoms with E-state index in [-0.39, 0.29) is 22.7 Å². The van der Waals surface area contributed by atoms with Gasteiger partial charge in [0.25, 0.3) is 11.6 Å². The molecule has 30 heavy (non-hydrogen) atoms. The normalized spacial score (nSPS) is 17.1. The monoisotopic (exact) mass is 431 g/mol. The Morgan fingerprint density at radius 1 is 1.13 bits per heavy atom. The summed E-state index contributed by atoms with van der Waals surface area (Å²) in [6.45, 7) is 0.528. The molecule has 2 aromatic carbocycles. The number of hydrogen-bond donors (Lipinski definition) is 1. The third-order valence-corrected chi connectivity index (χ3v) is 6.67. The number of carbonyl (C=O) groups is 1. The van der Waals surface area contributed by atoms with Crippen LogP contribution in [0.5, 0.6) is 0 Å². The van der Waals surface area contributed by atoms with Crippen molar-refractivity contribution < 1.29 is 23.2 Å². The molecule has 1 amide bonds. The van der Waals surface area contributed by atoms with Gasteiger partial charge in [-0.3, -0.25) is 14.9 Å². The van der Waals surface area contributed by atoms with Crippen LogP contribution in [0.25, 0.3) is 0 Å². The lowest BCUT2D eigenvalue weighted by molar-refractivity contribution is -0.384. The molecular weight excluding hydrogens is 410 g/mol. The van der Waals surface area contributed by atoms with Gasteiger partial charge in [-0.25, -0.2) is 8.42 Å². The fourth-order valence-electron chi connectivity index (χ4n) is 3.31. The molecule has 0 saturated heterocycles. The zero-order valence-electron chi connectivity index (χ0n) is 16.4. The van der Waals surface area contributed by atoms with Gasteiger partial charge in [0.05, 0.1) is 15.9 Å². The number of non-ortho nitro benzene ring substituents is 1. The van der Waals surface area contributed by atoms with Crippen LogP contribution >= 0.6 is 0 Å². The van der Waals surface area contributed by atoms with Crippen LogP contribution < -0.4 is 0 Å². The molecule has 0 aromatic heterocycles. The molecule has 9 nitrogen and oxygen atoms in total. The number of amides is 1. The Morgan fingerprint density at radius 3 is 2.40 bits per heavy atom. The minimum atomic E-state index is -4.24. The number of likely N-dealkylation sites (N-methyl/N-ethyl adjacent to an activating group) is 1. The van der Waals surface area contributed by atoms with Gasteiger partial charge in [0.15, 0.2) is 5.76 Å². The molecule has 0 aliphatic carbocycles. The maximum atomic E-state index is 13.3. The van der Waals surface area contributed by atoms with Gasteiger partial charge >= 0.3 is 0 Å². The maximum absolute atomic E-state index is 13.3. The summed E-state index contributed by atoms with van der Waals surface area (Å²) in [5.41, 5.74) is -0.00906. The summed E-state index contributed by atoms with van der Waals surface area (Å²) in [7, 11) is -0.660. The third-order valence-electron chi connectivity index (χ3n) is 4.78. The topological polar surface area (TPSA) is 121 Å². The Balaban J connectivity index is 2.19. The quantitative estimate of drug-likeness (QED) is 0.527. The van der Waals surface area contributed by atoms with Crippen LogP contribution in [-0.2, 0) is 14.6 Å². The van der Waals surface area contributed by atoms with Crippen molar-refractivity contribution >= 4 is 21.4 Å². The van der Waals surface area contributed by atoms with Crippen molar-refractivity contribution in [3.05, 3.63) is 80.9 Å². The van der Waals surface area contributed by atoms with Crippen LogP contribution in [0.4, 0.5) is 5.69 Å². The average molecular weight is 431 g/mol. The molecule has 1 atom stereocenters. The molecule has 0 spiro atoms. The van der Waals surface area contributed by atoms with Crippen molar-refractivity contribution in [2.24, 2.45) is 0 Å². The van der Waals surface area contributed by atoms with Gasteiger partial charge < -0.3 is 14.9 Å². The maximum Gasteiger partial charge on any atom is 0.290 e. The molecular formula is C20H21N3O6S. The molecule has 1 aliphatic rings. The predicted octanol–water partition coefficient (Wildman–Crippen LogP) is 2.28. The van der Waals surface area contributed by atoms with Gasteiger partial charge in [-0.15, -0.1) is 0 Å². The van der Waals surface area contributed by atoms with Crippen molar-refractivity contribution in [3.8, 4) is 0 Å². The third kappa shape index (κ3) is 3.91. The van der Waals surface area contributed by atoms with Gasteiger partial charge in [-0.05, 0) is 31.8 Å². The first-order valence-corrected chi connectivity index (χ1v) is 10.6. The number of nitrogens with zero attached hydrogens (tertiary/aromatic N) is 3. The lowest BCUT2D eigenvalue weighted by Crippen LogP contribution is -2.36. The first-order valence-electron chi connectivity index (χ1n) is 9.08. The summed E-state index contributed by atoms with van der Waals surface area (Å²) in [6, 6.07) is 11.7. The van der Waals surface area contributed by atoms with Crippen molar-refractivity contribution in [1.82, 2.24) is 9.80 Å². The highest BCUT2D eigenvalue weighted by Gasteiger charge is 2.46. The second kappa shape index (κ2) is 8.25. The second-order valence-corrected chi connectivity index (χ2v) is 9.00. The van der Waals surface area contributed by atoms with E-state index in [1.165, 1.54) is 53.4 Å². The molecule has 158 valence electrons. The highest BCUT2D eigenvalue weighted by atomic mass is 32.2. The summed E-state index contributed by atoms with van der Waals surface area (Å²) in [4.78, 5) is 25.9. The number of sulfone groups is 1. The van der Waals surface area contributed by atoms with E-state index < -0.39 is 37.4 Å². The van der Waals surface area contributed by atoms with E-state index in [1.54, 1.807) is 25.1 Å². The number of carbonyl (C=O) groups excluding carboxylic acids is 1. The molecule has 1 aliphatic heterocycles. The zero-order chi connectivity index (χ0) is 22.1. The lowest BCUT2D eigenvalue weighted by Gasteiger charge is -2.28. The summed E-state index contributed by atoms with van der Waals surface area (Å²) >= 11 is 0. The van der Waals surface area contributed by atoms with Crippen LogP contribution in [0, 0.1) is 10.1 Å². The van der Waals surface area contributed by atoms with Crippen molar-refractivity contribution in [1.29, 1.82) is 0 Å². The summed E-state index contributed by atoms with van der Waals surface area (Å²) < 4.78 is 26.7. The molecule has 0 radical (unpaired) electrons. The number of benzene rings is 2. The Kier molecular flexibility index (Phi) is 5.90. The largest absolute Gasteiger partial charge is 0.502 e. The van der Waals surface area contributed by atoms with E-state index in [4.69, 9.17) is 0 Å².